The van der Waals surface area contributed by atoms with Crippen molar-refractivity contribution in [3.63, 3.8) is 0 Å². The second-order valence-corrected chi connectivity index (χ2v) is 5.83. The summed E-state index contributed by atoms with van der Waals surface area (Å²) in [7, 11) is 0. The van der Waals surface area contributed by atoms with Gasteiger partial charge in [-0.05, 0) is 29.8 Å². The molecule has 0 unspecified atom stereocenters. The fourth-order valence-electron chi connectivity index (χ4n) is 2.78. The van der Waals surface area contributed by atoms with Gasteiger partial charge in [0, 0.05) is 42.7 Å². The third-order valence-electron chi connectivity index (χ3n) is 4.12. The molecular formula is C20H19N5. The Kier molecular flexibility index (Phi) is 4.29. The molecular weight excluding hydrogens is 310 g/mol. The minimum absolute atomic E-state index is 0.685. The lowest BCUT2D eigenvalue weighted by atomic mass is 10.2. The smallest absolute Gasteiger partial charge is 0.128 e. The van der Waals surface area contributed by atoms with Crippen LogP contribution in [0.25, 0.3) is 5.69 Å². The van der Waals surface area contributed by atoms with E-state index in [0.717, 1.165) is 23.7 Å². The molecule has 124 valence electrons. The first-order valence-corrected chi connectivity index (χ1v) is 8.25. The molecule has 0 bridgehead atoms. The maximum absolute atomic E-state index is 4.47. The lowest BCUT2D eigenvalue weighted by Gasteiger charge is -2.10. The molecule has 25 heavy (non-hydrogen) atoms. The molecule has 2 heterocycles. The molecule has 1 N–H and O–H groups in total. The van der Waals surface area contributed by atoms with Crippen LogP contribution in [0.15, 0.2) is 85.7 Å². The van der Waals surface area contributed by atoms with Gasteiger partial charge < -0.3 is 14.5 Å². The van der Waals surface area contributed by atoms with E-state index in [9.17, 15) is 0 Å². The number of hydrogen-bond acceptors (Lipinski definition) is 3. The van der Waals surface area contributed by atoms with Crippen LogP contribution in [-0.2, 0) is 13.1 Å². The van der Waals surface area contributed by atoms with E-state index < -0.39 is 0 Å². The van der Waals surface area contributed by atoms with Crippen molar-refractivity contribution in [2.24, 2.45) is 0 Å². The van der Waals surface area contributed by atoms with Crippen molar-refractivity contribution in [3.05, 3.63) is 97.1 Å². The van der Waals surface area contributed by atoms with Crippen molar-refractivity contribution in [3.8, 4) is 5.69 Å². The quantitative estimate of drug-likeness (QED) is 0.586. The average Bonchev–Trinajstić information content (AvgIpc) is 3.33. The highest BCUT2D eigenvalue weighted by atomic mass is 15.1. The Labute approximate surface area is 146 Å². The van der Waals surface area contributed by atoms with Crippen LogP contribution in [0.4, 0.5) is 5.69 Å². The van der Waals surface area contributed by atoms with Crippen molar-refractivity contribution >= 4 is 5.69 Å². The van der Waals surface area contributed by atoms with Gasteiger partial charge in [0.1, 0.15) is 5.82 Å². The van der Waals surface area contributed by atoms with E-state index in [1.807, 2.05) is 29.2 Å². The van der Waals surface area contributed by atoms with Gasteiger partial charge in [0.05, 0.1) is 12.9 Å². The summed E-state index contributed by atoms with van der Waals surface area (Å²) in [6, 6.07) is 18.7. The lowest BCUT2D eigenvalue weighted by Crippen LogP contribution is -2.09. The normalized spacial score (nSPS) is 10.7. The molecule has 0 fully saturated rings. The van der Waals surface area contributed by atoms with Crippen molar-refractivity contribution < 1.29 is 0 Å². The largest absolute Gasteiger partial charge is 0.378 e. The lowest BCUT2D eigenvalue weighted by molar-refractivity contribution is 0.735. The molecule has 0 aliphatic heterocycles. The van der Waals surface area contributed by atoms with Crippen LogP contribution in [0, 0.1) is 0 Å². The first kappa shape index (κ1) is 15.2. The van der Waals surface area contributed by atoms with Crippen molar-refractivity contribution in [2.45, 2.75) is 13.1 Å². The number of rotatable bonds is 6. The van der Waals surface area contributed by atoms with Crippen molar-refractivity contribution in [1.29, 1.82) is 0 Å². The fourth-order valence-corrected chi connectivity index (χ4v) is 2.78. The Balaban J connectivity index is 1.41. The molecule has 0 amide bonds. The molecule has 5 heteroatoms. The summed E-state index contributed by atoms with van der Waals surface area (Å²) < 4.78 is 4.15. The van der Waals surface area contributed by atoms with Gasteiger partial charge in [-0.2, -0.15) is 0 Å². The molecule has 0 aliphatic rings. The number of nitrogens with one attached hydrogen (secondary N) is 1. The zero-order chi connectivity index (χ0) is 16.9. The van der Waals surface area contributed by atoms with Gasteiger partial charge in [0.15, 0.2) is 0 Å². The molecule has 2 aromatic carbocycles. The maximum atomic E-state index is 4.47. The molecule has 0 atom stereocenters. The molecule has 0 aliphatic carbocycles. The minimum atomic E-state index is 0.685. The monoisotopic (exact) mass is 329 g/mol. The Bertz CT molecular complexity index is 908. The Hall–Kier alpha value is -3.34. The van der Waals surface area contributed by atoms with E-state index in [2.05, 4.69) is 68.4 Å². The van der Waals surface area contributed by atoms with Crippen molar-refractivity contribution in [2.75, 3.05) is 5.32 Å². The van der Waals surface area contributed by atoms with E-state index in [0.29, 0.717) is 6.54 Å². The predicted molar refractivity (Wildman–Crippen MR) is 98.7 cm³/mol. The summed E-state index contributed by atoms with van der Waals surface area (Å²) in [5.74, 6) is 1.02. The number of imidazole rings is 2. The molecule has 2 aromatic heterocycles. The Morgan fingerprint density at radius 3 is 2.48 bits per heavy atom. The van der Waals surface area contributed by atoms with Gasteiger partial charge in [-0.1, -0.05) is 30.3 Å². The van der Waals surface area contributed by atoms with Crippen LogP contribution in [0.5, 0.6) is 0 Å². The van der Waals surface area contributed by atoms with E-state index in [-0.39, 0.29) is 0 Å². The number of aromatic nitrogens is 4. The Morgan fingerprint density at radius 2 is 1.72 bits per heavy atom. The van der Waals surface area contributed by atoms with Crippen LogP contribution in [0.3, 0.4) is 0 Å². The zero-order valence-electron chi connectivity index (χ0n) is 13.8. The summed E-state index contributed by atoms with van der Waals surface area (Å²) >= 11 is 0. The van der Waals surface area contributed by atoms with Crippen LogP contribution in [0.2, 0.25) is 0 Å². The number of benzene rings is 2. The average molecular weight is 329 g/mol. The molecule has 5 nitrogen and oxygen atoms in total. The standard InChI is InChI=1S/C20H19N5/c1-2-4-17(5-3-1)15-24-13-11-22-20(24)14-23-18-6-8-19(9-7-18)25-12-10-21-16-25/h1-13,16,23H,14-15H2. The third kappa shape index (κ3) is 3.61. The maximum Gasteiger partial charge on any atom is 0.128 e. The van der Waals surface area contributed by atoms with Crippen LogP contribution in [0.1, 0.15) is 11.4 Å². The predicted octanol–water partition coefficient (Wildman–Crippen LogP) is 3.73. The first-order chi connectivity index (χ1) is 12.4. The topological polar surface area (TPSA) is 47.7 Å². The van der Waals surface area contributed by atoms with Crippen LogP contribution < -0.4 is 5.32 Å². The number of hydrogen-bond donors (Lipinski definition) is 1. The van der Waals surface area contributed by atoms with Gasteiger partial charge in [0.2, 0.25) is 0 Å². The minimum Gasteiger partial charge on any atom is -0.378 e. The second-order valence-electron chi connectivity index (χ2n) is 5.83. The van der Waals surface area contributed by atoms with Gasteiger partial charge in [-0.25, -0.2) is 9.97 Å². The number of anilines is 1. The van der Waals surface area contributed by atoms with Crippen molar-refractivity contribution in [1.82, 2.24) is 19.1 Å². The van der Waals surface area contributed by atoms with Gasteiger partial charge in [0.25, 0.3) is 0 Å². The number of nitrogens with zero attached hydrogens (tertiary/aromatic N) is 4. The molecule has 0 saturated carbocycles. The second kappa shape index (κ2) is 7.05. The molecule has 0 spiro atoms. The summed E-state index contributed by atoms with van der Waals surface area (Å²) in [4.78, 5) is 8.55. The van der Waals surface area contributed by atoms with E-state index in [1.165, 1.54) is 5.56 Å². The summed E-state index contributed by atoms with van der Waals surface area (Å²) in [5.41, 5.74) is 3.43. The first-order valence-electron chi connectivity index (χ1n) is 8.25. The molecule has 4 aromatic rings. The van der Waals surface area contributed by atoms with Crippen LogP contribution in [-0.4, -0.2) is 19.1 Å². The molecule has 0 radical (unpaired) electrons. The zero-order valence-corrected chi connectivity index (χ0v) is 13.8. The molecule has 0 saturated heterocycles. The van der Waals surface area contributed by atoms with E-state index >= 15 is 0 Å². The van der Waals surface area contributed by atoms with Gasteiger partial charge in [-0.3, -0.25) is 0 Å². The highest BCUT2D eigenvalue weighted by molar-refractivity contribution is 5.48. The fraction of sp³-hybridized carbons (Fsp3) is 0.100. The summed E-state index contributed by atoms with van der Waals surface area (Å²) in [6.45, 7) is 1.52. The van der Waals surface area contributed by atoms with E-state index in [1.54, 1.807) is 12.5 Å². The van der Waals surface area contributed by atoms with E-state index in [4.69, 9.17) is 0 Å². The van der Waals surface area contributed by atoms with Gasteiger partial charge >= 0.3 is 0 Å². The highest BCUT2D eigenvalue weighted by Crippen LogP contribution is 2.14. The Morgan fingerprint density at radius 1 is 0.880 bits per heavy atom. The summed E-state index contributed by atoms with van der Waals surface area (Å²) in [5, 5.41) is 3.44. The molecule has 4 rings (SSSR count). The SMILES string of the molecule is c1ccc(Cn2ccnc2CNc2ccc(-n3ccnc3)cc2)cc1. The summed E-state index contributed by atoms with van der Waals surface area (Å²) in [6.07, 6.45) is 9.37. The van der Waals surface area contributed by atoms with Gasteiger partial charge in [-0.15, -0.1) is 0 Å². The van der Waals surface area contributed by atoms with Crippen LogP contribution >= 0.6 is 0 Å². The highest BCUT2D eigenvalue weighted by Gasteiger charge is 2.04. The third-order valence-corrected chi connectivity index (χ3v) is 4.12.